The van der Waals surface area contributed by atoms with E-state index in [0.717, 1.165) is 42.2 Å². The van der Waals surface area contributed by atoms with Crippen LogP contribution in [0, 0.1) is 13.8 Å². The molecule has 1 aromatic carbocycles. The van der Waals surface area contributed by atoms with Gasteiger partial charge in [-0.2, -0.15) is 13.2 Å². The summed E-state index contributed by atoms with van der Waals surface area (Å²) >= 11 is 2.42. The first-order chi connectivity index (χ1) is 14.3. The molecule has 1 N–H and O–H groups in total. The lowest BCUT2D eigenvalue weighted by molar-refractivity contribution is -0.0688. The number of alkyl halides is 4. The summed E-state index contributed by atoms with van der Waals surface area (Å²) in [6, 6.07) is 3.70. The van der Waals surface area contributed by atoms with Gasteiger partial charge in [0.05, 0.1) is 5.57 Å². The second-order valence-electron chi connectivity index (χ2n) is 8.11. The van der Waals surface area contributed by atoms with Gasteiger partial charge in [0.25, 0.3) is 0 Å². The Morgan fingerprint density at radius 1 is 1.00 bits per heavy atom. The molecule has 0 saturated heterocycles. The van der Waals surface area contributed by atoms with E-state index in [4.69, 9.17) is 0 Å². The third-order valence-corrected chi connectivity index (χ3v) is 6.76. The molecule has 0 fully saturated rings. The zero-order valence-electron chi connectivity index (χ0n) is 17.8. The average Bonchev–Trinajstić information content (AvgIpc) is 2.93. The molecular formula is C24H30F3IN2. The van der Waals surface area contributed by atoms with Crippen LogP contribution in [0.25, 0.3) is 16.5 Å². The zero-order valence-corrected chi connectivity index (χ0v) is 19.9. The number of aryl methyl sites for hydroxylation is 2. The molecule has 0 unspecified atom stereocenters. The van der Waals surface area contributed by atoms with Gasteiger partial charge in [-0.3, -0.25) is 0 Å². The van der Waals surface area contributed by atoms with E-state index in [1.54, 1.807) is 6.07 Å². The first-order valence-electron chi connectivity index (χ1n) is 10.7. The minimum Gasteiger partial charge on any atom is -0.355 e. The van der Waals surface area contributed by atoms with Crippen LogP contribution in [0.2, 0.25) is 0 Å². The number of rotatable bonds is 9. The van der Waals surface area contributed by atoms with Gasteiger partial charge in [0, 0.05) is 40.1 Å². The van der Waals surface area contributed by atoms with E-state index in [2.05, 4.69) is 39.1 Å². The number of nitrogens with zero attached hydrogens (tertiary/aromatic N) is 1. The van der Waals surface area contributed by atoms with Crippen LogP contribution in [0.5, 0.6) is 0 Å². The molecule has 0 amide bonds. The van der Waals surface area contributed by atoms with E-state index in [0.29, 0.717) is 11.1 Å². The lowest BCUT2D eigenvalue weighted by Gasteiger charge is -2.24. The highest BCUT2D eigenvalue weighted by Gasteiger charge is 2.39. The van der Waals surface area contributed by atoms with Crippen molar-refractivity contribution in [3.63, 3.8) is 0 Å². The molecule has 30 heavy (non-hydrogen) atoms. The SMILES string of the molecule is C=C1C=C(C(F)(F)F)c2c(ccc3c2c(C)c(C)n3CCCCCCCCCI)N1. The van der Waals surface area contributed by atoms with Crippen molar-refractivity contribution in [1.82, 2.24) is 4.57 Å². The van der Waals surface area contributed by atoms with Gasteiger partial charge in [-0.25, -0.2) is 0 Å². The molecule has 0 atom stereocenters. The summed E-state index contributed by atoms with van der Waals surface area (Å²) in [5.41, 5.74) is 3.24. The maximum absolute atomic E-state index is 13.8. The Balaban J connectivity index is 1.84. The number of halogens is 4. The van der Waals surface area contributed by atoms with Crippen molar-refractivity contribution in [2.75, 3.05) is 9.74 Å². The Labute approximate surface area is 190 Å². The fraction of sp³-hybridized carbons (Fsp3) is 0.500. The number of unbranched alkanes of at least 4 members (excludes halogenated alkanes) is 6. The van der Waals surface area contributed by atoms with Crippen LogP contribution in [0.15, 0.2) is 30.5 Å². The number of aromatic nitrogens is 1. The Hall–Kier alpha value is -1.44. The number of nitrogens with one attached hydrogen (secondary N) is 1. The van der Waals surface area contributed by atoms with Gasteiger partial charge in [-0.1, -0.05) is 61.3 Å². The van der Waals surface area contributed by atoms with Crippen LogP contribution in [-0.4, -0.2) is 15.2 Å². The van der Waals surface area contributed by atoms with E-state index >= 15 is 0 Å². The summed E-state index contributed by atoms with van der Waals surface area (Å²) in [6.07, 6.45) is 5.29. The van der Waals surface area contributed by atoms with Crippen LogP contribution < -0.4 is 5.32 Å². The third-order valence-electron chi connectivity index (χ3n) is 6.00. The zero-order chi connectivity index (χ0) is 21.9. The molecule has 6 heteroatoms. The maximum atomic E-state index is 13.8. The van der Waals surface area contributed by atoms with E-state index in [9.17, 15) is 13.2 Å². The summed E-state index contributed by atoms with van der Waals surface area (Å²) in [4.78, 5) is 0. The third kappa shape index (κ3) is 4.89. The van der Waals surface area contributed by atoms with Crippen molar-refractivity contribution in [3.8, 4) is 0 Å². The van der Waals surface area contributed by atoms with Gasteiger partial charge in [0.1, 0.15) is 0 Å². The Morgan fingerprint density at radius 2 is 1.63 bits per heavy atom. The summed E-state index contributed by atoms with van der Waals surface area (Å²) in [6.45, 7) is 8.47. The standard InChI is InChI=1S/C24H30F3IN2/c1-16-15-19(24(25,26)27)23-20(29-16)11-12-21-22(23)17(2)18(3)30(21)14-10-8-6-4-5-7-9-13-28/h11-12,15,29H,1,4-10,13-14H2,2-3H3. The number of fused-ring (bicyclic) bond motifs is 3. The molecule has 1 aliphatic rings. The van der Waals surface area contributed by atoms with E-state index < -0.39 is 11.7 Å². The predicted molar refractivity (Wildman–Crippen MR) is 129 cm³/mol. The summed E-state index contributed by atoms with van der Waals surface area (Å²) < 4.78 is 44.9. The fourth-order valence-electron chi connectivity index (χ4n) is 4.36. The van der Waals surface area contributed by atoms with Gasteiger partial charge >= 0.3 is 6.18 Å². The largest absolute Gasteiger partial charge is 0.417 e. The molecule has 0 saturated carbocycles. The Kier molecular flexibility index (Phi) is 7.58. The minimum absolute atomic E-state index is 0.252. The van der Waals surface area contributed by atoms with E-state index in [1.807, 2.05) is 19.9 Å². The molecular weight excluding hydrogens is 500 g/mol. The lowest BCUT2D eigenvalue weighted by atomic mass is 9.93. The van der Waals surface area contributed by atoms with Crippen LogP contribution in [0.1, 0.15) is 61.8 Å². The minimum atomic E-state index is -4.42. The van der Waals surface area contributed by atoms with Crippen molar-refractivity contribution in [1.29, 1.82) is 0 Å². The molecule has 2 aromatic rings. The molecule has 1 aliphatic heterocycles. The summed E-state index contributed by atoms with van der Waals surface area (Å²) in [5.74, 6) is 0. The predicted octanol–water partition coefficient (Wildman–Crippen LogP) is 8.31. The Morgan fingerprint density at radius 3 is 2.27 bits per heavy atom. The summed E-state index contributed by atoms with van der Waals surface area (Å²) in [7, 11) is 0. The molecule has 3 rings (SSSR count). The molecule has 0 aliphatic carbocycles. The van der Waals surface area contributed by atoms with Gasteiger partial charge in [-0.05, 0) is 54.9 Å². The van der Waals surface area contributed by atoms with Crippen molar-refractivity contribution >= 4 is 44.8 Å². The molecule has 2 heterocycles. The monoisotopic (exact) mass is 530 g/mol. The second kappa shape index (κ2) is 9.79. The van der Waals surface area contributed by atoms with Gasteiger partial charge in [0.2, 0.25) is 0 Å². The average molecular weight is 530 g/mol. The quantitative estimate of drug-likeness (QED) is 0.196. The normalized spacial score (nSPS) is 14.1. The first-order valence-corrected chi connectivity index (χ1v) is 12.2. The van der Waals surface area contributed by atoms with Gasteiger partial charge < -0.3 is 9.88 Å². The molecule has 2 nitrogen and oxygen atoms in total. The highest BCUT2D eigenvalue weighted by atomic mass is 127. The first kappa shape index (κ1) is 23.2. The highest BCUT2D eigenvalue weighted by molar-refractivity contribution is 14.1. The van der Waals surface area contributed by atoms with Crippen LogP contribution >= 0.6 is 22.6 Å². The highest BCUT2D eigenvalue weighted by Crippen LogP contribution is 2.46. The molecule has 0 radical (unpaired) electrons. The Bertz CT molecular complexity index is 954. The fourth-order valence-corrected chi connectivity index (χ4v) is 4.90. The lowest BCUT2D eigenvalue weighted by Crippen LogP contribution is -2.17. The number of anilines is 1. The number of benzene rings is 1. The smallest absolute Gasteiger partial charge is 0.355 e. The molecule has 164 valence electrons. The van der Waals surface area contributed by atoms with E-state index in [1.165, 1.54) is 36.5 Å². The van der Waals surface area contributed by atoms with Crippen LogP contribution in [0.3, 0.4) is 0 Å². The van der Waals surface area contributed by atoms with Crippen molar-refractivity contribution in [2.24, 2.45) is 0 Å². The van der Waals surface area contributed by atoms with Crippen molar-refractivity contribution in [3.05, 3.63) is 47.3 Å². The number of allylic oxidation sites excluding steroid dienone is 2. The topological polar surface area (TPSA) is 17.0 Å². The van der Waals surface area contributed by atoms with Crippen molar-refractivity contribution < 1.29 is 13.2 Å². The van der Waals surface area contributed by atoms with E-state index in [-0.39, 0.29) is 11.3 Å². The van der Waals surface area contributed by atoms with Crippen LogP contribution in [0.4, 0.5) is 18.9 Å². The molecule has 1 aromatic heterocycles. The van der Waals surface area contributed by atoms with Crippen molar-refractivity contribution in [2.45, 2.75) is 71.5 Å². The van der Waals surface area contributed by atoms with Gasteiger partial charge in [0.15, 0.2) is 0 Å². The number of hydrogen-bond donors (Lipinski definition) is 1. The molecule has 0 spiro atoms. The summed E-state index contributed by atoms with van der Waals surface area (Å²) in [5, 5.41) is 3.71. The molecule has 0 bridgehead atoms. The maximum Gasteiger partial charge on any atom is 0.417 e. The van der Waals surface area contributed by atoms with Crippen LogP contribution in [-0.2, 0) is 6.54 Å². The number of hydrogen-bond acceptors (Lipinski definition) is 1. The second-order valence-corrected chi connectivity index (χ2v) is 9.19. The van der Waals surface area contributed by atoms with Gasteiger partial charge in [-0.15, -0.1) is 0 Å².